The number of ketones is 1. The minimum absolute atomic E-state index is 0.0375. The van der Waals surface area contributed by atoms with E-state index in [0.29, 0.717) is 0 Å². The Kier molecular flexibility index (Phi) is 2.01. The van der Waals surface area contributed by atoms with E-state index in [1.807, 2.05) is 6.92 Å². The third-order valence-electron chi connectivity index (χ3n) is 4.77. The molecule has 0 saturated heterocycles. The molecule has 2 aliphatic carbocycles. The number of ether oxygens (including phenoxy) is 1. The fourth-order valence-corrected chi connectivity index (χ4v) is 3.32. The highest BCUT2D eigenvalue weighted by Gasteiger charge is 2.67. The van der Waals surface area contributed by atoms with Crippen molar-refractivity contribution < 1.29 is 14.3 Å². The molecule has 0 N–H and O–H groups in total. The van der Waals surface area contributed by atoms with Crippen molar-refractivity contribution in [2.45, 2.75) is 46.6 Å². The number of carbonyl (C=O) groups excluding carboxylic acids is 2. The van der Waals surface area contributed by atoms with Crippen molar-refractivity contribution >= 4 is 11.8 Å². The van der Waals surface area contributed by atoms with Crippen molar-refractivity contribution in [2.24, 2.45) is 16.7 Å². The third-order valence-corrected chi connectivity index (χ3v) is 4.77. The molecule has 3 atom stereocenters. The summed E-state index contributed by atoms with van der Waals surface area (Å²) in [7, 11) is 0. The standard InChI is InChI=1S/C12H18O3/c1-7(13)15-9-8-5-6-12(4,10(9)14)11(8,2)3/h8-9H,5-6H2,1-4H3. The number of fused-ring (bicyclic) bond motifs is 2. The van der Waals surface area contributed by atoms with Gasteiger partial charge in [0.2, 0.25) is 0 Å². The van der Waals surface area contributed by atoms with Gasteiger partial charge in [-0.25, -0.2) is 0 Å². The van der Waals surface area contributed by atoms with Crippen LogP contribution in [0.1, 0.15) is 40.5 Å². The molecule has 15 heavy (non-hydrogen) atoms. The van der Waals surface area contributed by atoms with Gasteiger partial charge in [0.1, 0.15) is 0 Å². The van der Waals surface area contributed by atoms with Gasteiger partial charge in [-0.05, 0) is 18.3 Å². The molecule has 3 heteroatoms. The van der Waals surface area contributed by atoms with E-state index in [1.165, 1.54) is 6.92 Å². The number of carbonyl (C=O) groups is 2. The zero-order valence-electron chi connectivity index (χ0n) is 9.79. The Labute approximate surface area is 90.2 Å². The summed E-state index contributed by atoms with van der Waals surface area (Å²) >= 11 is 0. The number of rotatable bonds is 1. The molecule has 0 aromatic rings. The highest BCUT2D eigenvalue weighted by atomic mass is 16.5. The van der Waals surface area contributed by atoms with Gasteiger partial charge in [-0.3, -0.25) is 9.59 Å². The van der Waals surface area contributed by atoms with Gasteiger partial charge in [-0.15, -0.1) is 0 Å². The number of Topliss-reactive ketones (excluding diaryl/α,β-unsaturated/α-hetero) is 1. The summed E-state index contributed by atoms with van der Waals surface area (Å²) in [4.78, 5) is 23.1. The average Bonchev–Trinajstić information content (AvgIpc) is 2.40. The van der Waals surface area contributed by atoms with Gasteiger partial charge in [0.15, 0.2) is 11.9 Å². The van der Waals surface area contributed by atoms with Gasteiger partial charge in [-0.2, -0.15) is 0 Å². The first-order valence-corrected chi connectivity index (χ1v) is 5.52. The zero-order chi connectivity index (χ0) is 11.4. The topological polar surface area (TPSA) is 43.4 Å². The first-order chi connectivity index (χ1) is 6.80. The molecule has 0 aliphatic heterocycles. The maximum Gasteiger partial charge on any atom is 0.303 e. The van der Waals surface area contributed by atoms with Gasteiger partial charge < -0.3 is 4.74 Å². The summed E-state index contributed by atoms with van der Waals surface area (Å²) in [5.74, 6) is -0.0156. The first kappa shape index (κ1) is 10.7. The van der Waals surface area contributed by atoms with Crippen LogP contribution in [-0.2, 0) is 14.3 Å². The van der Waals surface area contributed by atoms with Crippen molar-refractivity contribution in [3.05, 3.63) is 0 Å². The molecule has 0 heterocycles. The van der Waals surface area contributed by atoms with Gasteiger partial charge in [-0.1, -0.05) is 20.8 Å². The third kappa shape index (κ3) is 1.12. The maximum absolute atomic E-state index is 12.2. The Bertz CT molecular complexity index is 332. The van der Waals surface area contributed by atoms with Gasteiger partial charge in [0, 0.05) is 18.3 Å². The largest absolute Gasteiger partial charge is 0.454 e. The van der Waals surface area contributed by atoms with E-state index in [9.17, 15) is 9.59 Å². The molecule has 0 aromatic carbocycles. The van der Waals surface area contributed by atoms with Crippen LogP contribution in [0.5, 0.6) is 0 Å². The van der Waals surface area contributed by atoms with Crippen LogP contribution in [0.4, 0.5) is 0 Å². The monoisotopic (exact) mass is 210 g/mol. The van der Waals surface area contributed by atoms with Crippen molar-refractivity contribution in [3.8, 4) is 0 Å². The lowest BCUT2D eigenvalue weighted by molar-refractivity contribution is -0.156. The second-order valence-corrected chi connectivity index (χ2v) is 5.59. The minimum atomic E-state index is -0.490. The first-order valence-electron chi connectivity index (χ1n) is 5.52. The molecule has 3 nitrogen and oxygen atoms in total. The Morgan fingerprint density at radius 2 is 2.00 bits per heavy atom. The molecule has 2 saturated carbocycles. The fraction of sp³-hybridized carbons (Fsp3) is 0.833. The van der Waals surface area contributed by atoms with E-state index in [1.54, 1.807) is 0 Å². The molecule has 0 amide bonds. The highest BCUT2D eigenvalue weighted by Crippen LogP contribution is 2.64. The quantitative estimate of drug-likeness (QED) is 0.621. The molecule has 2 rings (SSSR count). The van der Waals surface area contributed by atoms with E-state index >= 15 is 0 Å². The molecule has 2 bridgehead atoms. The van der Waals surface area contributed by atoms with Gasteiger partial charge in [0.25, 0.3) is 0 Å². The average molecular weight is 210 g/mol. The van der Waals surface area contributed by atoms with Crippen molar-refractivity contribution in [1.29, 1.82) is 0 Å². The fourth-order valence-electron chi connectivity index (χ4n) is 3.32. The van der Waals surface area contributed by atoms with Crippen molar-refractivity contribution in [1.82, 2.24) is 0 Å². The normalized spacial score (nSPS) is 42.0. The van der Waals surface area contributed by atoms with Crippen LogP contribution in [-0.4, -0.2) is 17.9 Å². The lowest BCUT2D eigenvalue weighted by Gasteiger charge is -2.31. The maximum atomic E-state index is 12.2. The van der Waals surface area contributed by atoms with Crippen LogP contribution in [0.15, 0.2) is 0 Å². The molecule has 0 radical (unpaired) electrons. The molecular formula is C12H18O3. The Morgan fingerprint density at radius 1 is 1.40 bits per heavy atom. The molecule has 0 spiro atoms. The predicted molar refractivity (Wildman–Crippen MR) is 55.2 cm³/mol. The van der Waals surface area contributed by atoms with E-state index in [0.717, 1.165) is 12.8 Å². The summed E-state index contributed by atoms with van der Waals surface area (Å²) in [5.41, 5.74) is -0.331. The lowest BCUT2D eigenvalue weighted by Crippen LogP contribution is -2.36. The van der Waals surface area contributed by atoms with Crippen LogP contribution in [0.2, 0.25) is 0 Å². The Balaban J connectivity index is 2.34. The van der Waals surface area contributed by atoms with Crippen LogP contribution in [0.25, 0.3) is 0 Å². The van der Waals surface area contributed by atoms with Crippen LogP contribution in [0, 0.1) is 16.7 Å². The van der Waals surface area contributed by atoms with Gasteiger partial charge >= 0.3 is 5.97 Å². The van der Waals surface area contributed by atoms with Crippen molar-refractivity contribution in [3.63, 3.8) is 0 Å². The van der Waals surface area contributed by atoms with E-state index in [2.05, 4.69) is 13.8 Å². The molecular weight excluding hydrogens is 192 g/mol. The van der Waals surface area contributed by atoms with E-state index < -0.39 is 6.10 Å². The Hall–Kier alpha value is -0.860. The smallest absolute Gasteiger partial charge is 0.303 e. The van der Waals surface area contributed by atoms with Crippen molar-refractivity contribution in [2.75, 3.05) is 0 Å². The zero-order valence-corrected chi connectivity index (χ0v) is 9.79. The van der Waals surface area contributed by atoms with Crippen LogP contribution >= 0.6 is 0 Å². The molecule has 2 fully saturated rings. The summed E-state index contributed by atoms with van der Waals surface area (Å²) < 4.78 is 5.17. The highest BCUT2D eigenvalue weighted by molar-refractivity contribution is 5.94. The lowest BCUT2D eigenvalue weighted by atomic mass is 9.70. The predicted octanol–water partition coefficient (Wildman–Crippen LogP) is 1.94. The van der Waals surface area contributed by atoms with Gasteiger partial charge in [0.05, 0.1) is 0 Å². The second kappa shape index (κ2) is 2.83. The van der Waals surface area contributed by atoms with E-state index in [-0.39, 0.29) is 28.5 Å². The minimum Gasteiger partial charge on any atom is -0.454 e. The summed E-state index contributed by atoms with van der Waals surface area (Å²) in [6, 6.07) is 0. The number of hydrogen-bond donors (Lipinski definition) is 0. The Morgan fingerprint density at radius 3 is 2.40 bits per heavy atom. The number of esters is 1. The van der Waals surface area contributed by atoms with Crippen LogP contribution < -0.4 is 0 Å². The summed E-state index contributed by atoms with van der Waals surface area (Å²) in [5, 5.41) is 0. The molecule has 2 aliphatic rings. The van der Waals surface area contributed by atoms with Crippen LogP contribution in [0.3, 0.4) is 0 Å². The summed E-state index contributed by atoms with van der Waals surface area (Å²) in [6.45, 7) is 7.62. The summed E-state index contributed by atoms with van der Waals surface area (Å²) in [6.07, 6.45) is 1.44. The SMILES string of the molecule is CC(=O)OC1C(=O)C2(C)CCC1C2(C)C. The molecule has 84 valence electrons. The van der Waals surface area contributed by atoms with E-state index in [4.69, 9.17) is 4.74 Å². The molecule has 3 unspecified atom stereocenters. The molecule has 0 aromatic heterocycles. The number of hydrogen-bond acceptors (Lipinski definition) is 3. The second-order valence-electron chi connectivity index (χ2n) is 5.59.